The summed E-state index contributed by atoms with van der Waals surface area (Å²) in [5, 5.41) is 3.57. The standard InChI is InChI=1S/C16H16ClNO/c1-11-6-7-14(8-12(11)2)16(19)18-10-13-4-3-5-15(17)9-13/h3-9H,10H2,1-2H3,(H,18,19). The number of aryl methyl sites for hydroxylation is 2. The molecule has 19 heavy (non-hydrogen) atoms. The van der Waals surface area contributed by atoms with E-state index in [1.54, 1.807) is 0 Å². The average molecular weight is 274 g/mol. The zero-order valence-electron chi connectivity index (χ0n) is 11.0. The zero-order chi connectivity index (χ0) is 13.8. The van der Waals surface area contributed by atoms with Gasteiger partial charge < -0.3 is 5.32 Å². The van der Waals surface area contributed by atoms with Crippen molar-refractivity contribution in [2.45, 2.75) is 20.4 Å². The number of hydrogen-bond donors (Lipinski definition) is 1. The molecule has 0 aliphatic carbocycles. The van der Waals surface area contributed by atoms with E-state index < -0.39 is 0 Å². The molecule has 0 saturated carbocycles. The number of halogens is 1. The first kappa shape index (κ1) is 13.6. The smallest absolute Gasteiger partial charge is 0.251 e. The molecule has 0 aromatic heterocycles. The molecule has 0 aliphatic heterocycles. The quantitative estimate of drug-likeness (QED) is 0.903. The monoisotopic (exact) mass is 273 g/mol. The van der Waals surface area contributed by atoms with Crippen molar-refractivity contribution in [3.63, 3.8) is 0 Å². The summed E-state index contributed by atoms with van der Waals surface area (Å²) in [7, 11) is 0. The predicted molar refractivity (Wildman–Crippen MR) is 78.5 cm³/mol. The Bertz CT molecular complexity index is 607. The van der Waals surface area contributed by atoms with E-state index in [0.29, 0.717) is 17.1 Å². The van der Waals surface area contributed by atoms with Crippen LogP contribution in [-0.4, -0.2) is 5.91 Å². The fraction of sp³-hybridized carbons (Fsp3) is 0.188. The molecule has 1 amide bonds. The van der Waals surface area contributed by atoms with Crippen LogP contribution in [0.1, 0.15) is 27.0 Å². The first-order valence-electron chi connectivity index (χ1n) is 6.16. The minimum Gasteiger partial charge on any atom is -0.348 e. The minimum absolute atomic E-state index is 0.0666. The lowest BCUT2D eigenvalue weighted by Crippen LogP contribution is -2.22. The van der Waals surface area contributed by atoms with Crippen LogP contribution in [0.5, 0.6) is 0 Å². The average Bonchev–Trinajstić information content (AvgIpc) is 2.39. The van der Waals surface area contributed by atoms with Crippen molar-refractivity contribution in [1.82, 2.24) is 5.32 Å². The molecule has 3 heteroatoms. The number of amides is 1. The highest BCUT2D eigenvalue weighted by molar-refractivity contribution is 6.30. The lowest BCUT2D eigenvalue weighted by molar-refractivity contribution is 0.0951. The first-order valence-corrected chi connectivity index (χ1v) is 6.54. The Hall–Kier alpha value is -1.80. The maximum absolute atomic E-state index is 12.0. The molecule has 0 aliphatic rings. The highest BCUT2D eigenvalue weighted by Crippen LogP contribution is 2.12. The summed E-state index contributed by atoms with van der Waals surface area (Å²) in [5.41, 5.74) is 3.98. The highest BCUT2D eigenvalue weighted by Gasteiger charge is 2.06. The second kappa shape index (κ2) is 5.89. The fourth-order valence-electron chi connectivity index (χ4n) is 1.81. The summed E-state index contributed by atoms with van der Waals surface area (Å²) in [6, 6.07) is 13.2. The second-order valence-electron chi connectivity index (χ2n) is 4.61. The molecule has 0 fully saturated rings. The van der Waals surface area contributed by atoms with Crippen LogP contribution in [0.2, 0.25) is 5.02 Å². The number of benzene rings is 2. The van der Waals surface area contributed by atoms with E-state index in [9.17, 15) is 4.79 Å². The molecule has 0 saturated heterocycles. The van der Waals surface area contributed by atoms with Gasteiger partial charge in [-0.15, -0.1) is 0 Å². The maximum atomic E-state index is 12.0. The van der Waals surface area contributed by atoms with Crippen molar-refractivity contribution in [3.8, 4) is 0 Å². The van der Waals surface area contributed by atoms with E-state index in [1.165, 1.54) is 5.56 Å². The first-order chi connectivity index (χ1) is 9.06. The van der Waals surface area contributed by atoms with Gasteiger partial charge in [-0.3, -0.25) is 4.79 Å². The molecular formula is C16H16ClNO. The van der Waals surface area contributed by atoms with Crippen LogP contribution >= 0.6 is 11.6 Å². The van der Waals surface area contributed by atoms with Gasteiger partial charge in [0.25, 0.3) is 5.91 Å². The van der Waals surface area contributed by atoms with Crippen molar-refractivity contribution < 1.29 is 4.79 Å². The Labute approximate surface area is 118 Å². The summed E-state index contributed by atoms with van der Waals surface area (Å²) >= 11 is 5.90. The molecule has 2 aromatic carbocycles. The highest BCUT2D eigenvalue weighted by atomic mass is 35.5. The van der Waals surface area contributed by atoms with Crippen LogP contribution < -0.4 is 5.32 Å². The zero-order valence-corrected chi connectivity index (χ0v) is 11.8. The third-order valence-corrected chi connectivity index (χ3v) is 3.35. The molecule has 0 radical (unpaired) electrons. The minimum atomic E-state index is -0.0666. The Morgan fingerprint density at radius 3 is 2.58 bits per heavy atom. The van der Waals surface area contributed by atoms with E-state index in [1.807, 2.05) is 56.3 Å². The Kier molecular flexibility index (Phi) is 4.23. The molecule has 0 heterocycles. The summed E-state index contributed by atoms with van der Waals surface area (Å²) < 4.78 is 0. The molecule has 2 aromatic rings. The van der Waals surface area contributed by atoms with Crippen LogP contribution in [-0.2, 0) is 6.54 Å². The number of rotatable bonds is 3. The normalized spacial score (nSPS) is 10.3. The summed E-state index contributed by atoms with van der Waals surface area (Å²) in [5.74, 6) is -0.0666. The van der Waals surface area contributed by atoms with Crippen LogP contribution in [0, 0.1) is 13.8 Å². The molecule has 0 bridgehead atoms. The van der Waals surface area contributed by atoms with E-state index in [2.05, 4.69) is 5.32 Å². The van der Waals surface area contributed by atoms with Crippen molar-refractivity contribution in [2.75, 3.05) is 0 Å². The molecule has 0 spiro atoms. The van der Waals surface area contributed by atoms with E-state index in [-0.39, 0.29) is 5.91 Å². The Morgan fingerprint density at radius 1 is 1.11 bits per heavy atom. The molecule has 2 nitrogen and oxygen atoms in total. The molecule has 0 unspecified atom stereocenters. The number of carbonyl (C=O) groups excluding carboxylic acids is 1. The number of hydrogen-bond acceptors (Lipinski definition) is 1. The largest absolute Gasteiger partial charge is 0.348 e. The summed E-state index contributed by atoms with van der Waals surface area (Å²) in [6.07, 6.45) is 0. The third kappa shape index (κ3) is 3.58. The topological polar surface area (TPSA) is 29.1 Å². The summed E-state index contributed by atoms with van der Waals surface area (Å²) in [4.78, 5) is 12.0. The molecular weight excluding hydrogens is 258 g/mol. The van der Waals surface area contributed by atoms with Crippen LogP contribution in [0.25, 0.3) is 0 Å². The molecule has 98 valence electrons. The van der Waals surface area contributed by atoms with Gasteiger partial charge in [0, 0.05) is 17.1 Å². The third-order valence-electron chi connectivity index (χ3n) is 3.11. The summed E-state index contributed by atoms with van der Waals surface area (Å²) in [6.45, 7) is 4.51. The van der Waals surface area contributed by atoms with E-state index >= 15 is 0 Å². The van der Waals surface area contributed by atoms with E-state index in [0.717, 1.165) is 11.1 Å². The van der Waals surface area contributed by atoms with Gasteiger partial charge in [0.15, 0.2) is 0 Å². The van der Waals surface area contributed by atoms with Gasteiger partial charge in [0.05, 0.1) is 0 Å². The van der Waals surface area contributed by atoms with E-state index in [4.69, 9.17) is 11.6 Å². The maximum Gasteiger partial charge on any atom is 0.251 e. The van der Waals surface area contributed by atoms with Crippen molar-refractivity contribution >= 4 is 17.5 Å². The van der Waals surface area contributed by atoms with Crippen molar-refractivity contribution in [1.29, 1.82) is 0 Å². The molecule has 1 N–H and O–H groups in total. The van der Waals surface area contributed by atoms with Crippen LogP contribution in [0.4, 0.5) is 0 Å². The SMILES string of the molecule is Cc1ccc(C(=O)NCc2cccc(Cl)c2)cc1C. The lowest BCUT2D eigenvalue weighted by Gasteiger charge is -2.07. The lowest BCUT2D eigenvalue weighted by atomic mass is 10.1. The Morgan fingerprint density at radius 2 is 1.89 bits per heavy atom. The second-order valence-corrected chi connectivity index (χ2v) is 5.05. The van der Waals surface area contributed by atoms with Crippen LogP contribution in [0.15, 0.2) is 42.5 Å². The van der Waals surface area contributed by atoms with Crippen LogP contribution in [0.3, 0.4) is 0 Å². The van der Waals surface area contributed by atoms with Gasteiger partial charge in [-0.2, -0.15) is 0 Å². The fourth-order valence-corrected chi connectivity index (χ4v) is 2.03. The van der Waals surface area contributed by atoms with Crippen molar-refractivity contribution in [2.24, 2.45) is 0 Å². The molecule has 0 atom stereocenters. The van der Waals surface area contributed by atoms with Gasteiger partial charge in [-0.05, 0) is 54.8 Å². The van der Waals surface area contributed by atoms with Gasteiger partial charge in [0.2, 0.25) is 0 Å². The predicted octanol–water partition coefficient (Wildman–Crippen LogP) is 3.89. The van der Waals surface area contributed by atoms with Gasteiger partial charge in [-0.25, -0.2) is 0 Å². The molecule has 2 rings (SSSR count). The Balaban J connectivity index is 2.03. The van der Waals surface area contributed by atoms with Gasteiger partial charge in [0.1, 0.15) is 0 Å². The van der Waals surface area contributed by atoms with Gasteiger partial charge in [-0.1, -0.05) is 29.8 Å². The number of carbonyl (C=O) groups is 1. The van der Waals surface area contributed by atoms with Gasteiger partial charge >= 0.3 is 0 Å². The van der Waals surface area contributed by atoms with Crippen molar-refractivity contribution in [3.05, 3.63) is 69.7 Å². The number of nitrogens with one attached hydrogen (secondary N) is 1.